The van der Waals surface area contributed by atoms with Crippen molar-refractivity contribution in [1.82, 2.24) is 5.10 Å². The molecule has 0 bridgehead atoms. The standard InChI is InChI=1S/C12H13N2O2S.HI/c1-14-7-11(17-8-12(15)16-2)9-5-3-4-6-10(9)13-14;/h3-7H,8H2,1-2H3;1H/q+1;/p-1. The molecule has 1 aromatic heterocycles. The van der Waals surface area contributed by atoms with E-state index < -0.39 is 0 Å². The second-order valence-electron chi connectivity index (χ2n) is 3.55. The van der Waals surface area contributed by atoms with Crippen molar-refractivity contribution in [3.05, 3.63) is 30.5 Å². The minimum Gasteiger partial charge on any atom is -1.00 e. The Labute approximate surface area is 127 Å². The molecule has 0 unspecified atom stereocenters. The molecule has 18 heavy (non-hydrogen) atoms. The van der Waals surface area contributed by atoms with Gasteiger partial charge in [-0.3, -0.25) is 4.79 Å². The van der Waals surface area contributed by atoms with Crippen LogP contribution >= 0.6 is 11.8 Å². The maximum Gasteiger partial charge on any atom is 0.315 e. The van der Waals surface area contributed by atoms with Gasteiger partial charge in [0.15, 0.2) is 7.05 Å². The summed E-state index contributed by atoms with van der Waals surface area (Å²) in [5.74, 6) is 0.0865. The number of carbonyl (C=O) groups excluding carboxylic acids is 1. The number of hydrogen-bond donors (Lipinski definition) is 0. The van der Waals surface area contributed by atoms with Crippen molar-refractivity contribution in [2.24, 2.45) is 7.05 Å². The molecule has 0 atom stereocenters. The molecule has 0 aliphatic heterocycles. The van der Waals surface area contributed by atoms with E-state index in [1.54, 1.807) is 4.68 Å². The SMILES string of the molecule is COC(=O)CSc1c[n+](C)nc2ccccc12.[I-]. The third-order valence-electron chi connectivity index (χ3n) is 2.31. The molecule has 0 aliphatic rings. The lowest BCUT2D eigenvalue weighted by atomic mass is 10.2. The second-order valence-corrected chi connectivity index (χ2v) is 4.57. The molecule has 96 valence electrons. The highest BCUT2D eigenvalue weighted by atomic mass is 127. The Morgan fingerprint density at radius 1 is 1.44 bits per heavy atom. The number of nitrogens with zero attached hydrogens (tertiary/aromatic N) is 2. The zero-order valence-corrected chi connectivity index (χ0v) is 13.1. The smallest absolute Gasteiger partial charge is 0.315 e. The fourth-order valence-corrected chi connectivity index (χ4v) is 2.46. The molecule has 0 saturated carbocycles. The Bertz CT molecular complexity index is 563. The second kappa shape index (κ2) is 6.89. The average molecular weight is 376 g/mol. The number of aromatic nitrogens is 2. The van der Waals surface area contributed by atoms with Gasteiger partial charge in [0.25, 0.3) is 0 Å². The number of ether oxygens (including phenoxy) is 1. The lowest BCUT2D eigenvalue weighted by molar-refractivity contribution is -0.730. The van der Waals surface area contributed by atoms with Crippen LogP contribution in [0.25, 0.3) is 10.9 Å². The highest BCUT2D eigenvalue weighted by Crippen LogP contribution is 2.24. The number of halogens is 1. The van der Waals surface area contributed by atoms with Crippen molar-refractivity contribution in [3.63, 3.8) is 0 Å². The zero-order valence-electron chi connectivity index (χ0n) is 10.1. The van der Waals surface area contributed by atoms with Gasteiger partial charge in [0.2, 0.25) is 6.20 Å². The highest BCUT2D eigenvalue weighted by molar-refractivity contribution is 8.00. The van der Waals surface area contributed by atoms with Crippen LogP contribution in [0.1, 0.15) is 0 Å². The number of aryl methyl sites for hydroxylation is 1. The monoisotopic (exact) mass is 376 g/mol. The van der Waals surface area contributed by atoms with Gasteiger partial charge in [0, 0.05) is 5.39 Å². The zero-order chi connectivity index (χ0) is 12.3. The molecule has 1 heterocycles. The molecule has 0 radical (unpaired) electrons. The van der Waals surface area contributed by atoms with Gasteiger partial charge < -0.3 is 28.7 Å². The Morgan fingerprint density at radius 2 is 2.17 bits per heavy atom. The molecular weight excluding hydrogens is 363 g/mol. The van der Waals surface area contributed by atoms with E-state index in [0.717, 1.165) is 15.8 Å². The Kier molecular flexibility index (Phi) is 5.80. The van der Waals surface area contributed by atoms with Gasteiger partial charge in [0.1, 0.15) is 5.52 Å². The lowest BCUT2D eigenvalue weighted by Gasteiger charge is -2.02. The van der Waals surface area contributed by atoms with Crippen molar-refractivity contribution in [2.45, 2.75) is 4.90 Å². The predicted octanol–water partition coefficient (Wildman–Crippen LogP) is -1.67. The number of rotatable bonds is 3. The minimum atomic E-state index is -0.224. The summed E-state index contributed by atoms with van der Waals surface area (Å²) in [6.07, 6.45) is 1.91. The van der Waals surface area contributed by atoms with Crippen LogP contribution in [0.4, 0.5) is 0 Å². The molecule has 1 aromatic carbocycles. The van der Waals surface area contributed by atoms with Crippen molar-refractivity contribution >= 4 is 28.6 Å². The van der Waals surface area contributed by atoms with Gasteiger partial charge in [-0.05, 0) is 11.2 Å². The van der Waals surface area contributed by atoms with E-state index >= 15 is 0 Å². The van der Waals surface area contributed by atoms with Crippen LogP contribution in [0.15, 0.2) is 35.4 Å². The van der Waals surface area contributed by atoms with Crippen molar-refractivity contribution in [3.8, 4) is 0 Å². The average Bonchev–Trinajstić information content (AvgIpc) is 2.35. The van der Waals surface area contributed by atoms with Gasteiger partial charge in [0.05, 0.1) is 17.8 Å². The normalized spacial score (nSPS) is 9.89. The summed E-state index contributed by atoms with van der Waals surface area (Å²) in [5.41, 5.74) is 0.921. The third kappa shape index (κ3) is 3.55. The molecule has 0 spiro atoms. The van der Waals surface area contributed by atoms with E-state index in [1.165, 1.54) is 18.9 Å². The maximum atomic E-state index is 11.1. The Morgan fingerprint density at radius 3 is 2.89 bits per heavy atom. The summed E-state index contributed by atoms with van der Waals surface area (Å²) in [6, 6.07) is 7.87. The molecule has 0 aliphatic carbocycles. The number of benzene rings is 1. The third-order valence-corrected chi connectivity index (χ3v) is 3.33. The number of carbonyl (C=O) groups is 1. The molecule has 0 saturated heterocycles. The van der Waals surface area contributed by atoms with Gasteiger partial charge in [-0.25, -0.2) is 0 Å². The van der Waals surface area contributed by atoms with E-state index in [2.05, 4.69) is 9.84 Å². The number of esters is 1. The molecule has 0 fully saturated rings. The summed E-state index contributed by atoms with van der Waals surface area (Å²) in [5, 5.41) is 5.43. The first kappa shape index (κ1) is 15.2. The maximum absolute atomic E-state index is 11.1. The van der Waals surface area contributed by atoms with Crippen LogP contribution in [0, 0.1) is 0 Å². The Balaban J connectivity index is 0.00000162. The van der Waals surface area contributed by atoms with Crippen LogP contribution in [-0.2, 0) is 16.6 Å². The molecule has 4 nitrogen and oxygen atoms in total. The van der Waals surface area contributed by atoms with Crippen LogP contribution in [0.5, 0.6) is 0 Å². The van der Waals surface area contributed by atoms with Gasteiger partial charge in [-0.15, -0.1) is 11.8 Å². The van der Waals surface area contributed by atoms with Gasteiger partial charge in [-0.2, -0.15) is 0 Å². The van der Waals surface area contributed by atoms with Crippen molar-refractivity contribution in [1.29, 1.82) is 0 Å². The lowest BCUT2D eigenvalue weighted by Crippen LogP contribution is -3.00. The number of hydrogen-bond acceptors (Lipinski definition) is 4. The van der Waals surface area contributed by atoms with E-state index in [1.807, 2.05) is 37.5 Å². The highest BCUT2D eigenvalue weighted by Gasteiger charge is 2.11. The van der Waals surface area contributed by atoms with Gasteiger partial charge in [-0.1, -0.05) is 22.9 Å². The topological polar surface area (TPSA) is 43.1 Å². The Hall–Kier alpha value is -0.890. The molecule has 0 amide bonds. The molecular formula is C12H13IN2O2S. The molecule has 2 aromatic rings. The largest absolute Gasteiger partial charge is 1.00 e. The molecule has 0 N–H and O–H groups in total. The summed E-state index contributed by atoms with van der Waals surface area (Å²) in [6.45, 7) is 0. The summed E-state index contributed by atoms with van der Waals surface area (Å²) >= 11 is 1.46. The fraction of sp³-hybridized carbons (Fsp3) is 0.250. The minimum absolute atomic E-state index is 0. The summed E-state index contributed by atoms with van der Waals surface area (Å²) in [7, 11) is 3.27. The number of fused-ring (bicyclic) bond motifs is 1. The molecule has 2 rings (SSSR count). The summed E-state index contributed by atoms with van der Waals surface area (Å²) in [4.78, 5) is 12.2. The van der Waals surface area contributed by atoms with Crippen molar-refractivity contribution < 1.29 is 38.2 Å². The quantitative estimate of drug-likeness (QED) is 0.278. The van der Waals surface area contributed by atoms with Crippen LogP contribution in [-0.4, -0.2) is 23.9 Å². The van der Waals surface area contributed by atoms with E-state index in [0.29, 0.717) is 5.75 Å². The van der Waals surface area contributed by atoms with E-state index in [4.69, 9.17) is 0 Å². The first-order chi connectivity index (χ1) is 8.20. The molecule has 6 heteroatoms. The van der Waals surface area contributed by atoms with E-state index in [9.17, 15) is 4.79 Å². The number of thioether (sulfide) groups is 1. The summed E-state index contributed by atoms with van der Waals surface area (Å²) < 4.78 is 6.38. The predicted molar refractivity (Wildman–Crippen MR) is 65.7 cm³/mol. The van der Waals surface area contributed by atoms with Crippen LogP contribution in [0.3, 0.4) is 0 Å². The first-order valence-corrected chi connectivity index (χ1v) is 6.14. The van der Waals surface area contributed by atoms with Crippen LogP contribution in [0.2, 0.25) is 0 Å². The van der Waals surface area contributed by atoms with Crippen LogP contribution < -0.4 is 28.7 Å². The van der Waals surface area contributed by atoms with Crippen molar-refractivity contribution in [2.75, 3.05) is 12.9 Å². The van der Waals surface area contributed by atoms with Gasteiger partial charge >= 0.3 is 5.97 Å². The number of methoxy groups -OCH3 is 1. The first-order valence-electron chi connectivity index (χ1n) is 5.16. The fourth-order valence-electron chi connectivity index (χ4n) is 1.52. The van der Waals surface area contributed by atoms with E-state index in [-0.39, 0.29) is 29.9 Å².